The Morgan fingerprint density at radius 3 is 1.75 bits per heavy atom. The van der Waals surface area contributed by atoms with Gasteiger partial charge in [-0.2, -0.15) is 0 Å². The molecule has 0 heterocycles. The summed E-state index contributed by atoms with van der Waals surface area (Å²) in [5.41, 5.74) is 0. The van der Waals surface area contributed by atoms with E-state index in [0.717, 1.165) is 6.92 Å². The third-order valence-electron chi connectivity index (χ3n) is 0.594. The molecule has 1 nitrogen and oxygen atoms in total. The summed E-state index contributed by atoms with van der Waals surface area (Å²) in [7, 11) is 3.24. The summed E-state index contributed by atoms with van der Waals surface area (Å²) in [6.45, 7) is 0.736. The molecule has 0 spiro atoms. The monoisotopic (exact) mass is 123 g/mol. The molecule has 0 saturated heterocycles. The lowest BCUT2D eigenvalue weighted by Crippen LogP contribution is -2.28. The standard InChI is InChI=1S/C5H11F2N/c1-5(6,7)4-8(2)3/h4H2,1-3H3. The predicted octanol–water partition coefficient (Wildman–Crippen LogP) is 1.20. The predicted molar refractivity (Wildman–Crippen MR) is 29.2 cm³/mol. The van der Waals surface area contributed by atoms with Crippen molar-refractivity contribution in [2.24, 2.45) is 0 Å². The topological polar surface area (TPSA) is 3.24 Å². The van der Waals surface area contributed by atoms with E-state index < -0.39 is 5.92 Å². The fourth-order valence-corrected chi connectivity index (χ4v) is 0.555. The van der Waals surface area contributed by atoms with Gasteiger partial charge in [0.2, 0.25) is 0 Å². The molecule has 0 unspecified atom stereocenters. The van der Waals surface area contributed by atoms with Crippen molar-refractivity contribution in [1.82, 2.24) is 4.90 Å². The molecule has 3 heteroatoms. The van der Waals surface area contributed by atoms with Crippen LogP contribution in [0.4, 0.5) is 8.78 Å². The average molecular weight is 123 g/mol. The maximum atomic E-state index is 11.9. The van der Waals surface area contributed by atoms with Gasteiger partial charge in [0.05, 0.1) is 6.54 Å². The Bertz CT molecular complexity index is 65.3. The average Bonchev–Trinajstić information content (AvgIpc) is 1.21. The Balaban J connectivity index is 3.39. The van der Waals surface area contributed by atoms with Gasteiger partial charge >= 0.3 is 0 Å². The van der Waals surface area contributed by atoms with Crippen LogP contribution in [-0.2, 0) is 0 Å². The molecule has 0 aliphatic carbocycles. The Morgan fingerprint density at radius 1 is 1.38 bits per heavy atom. The third-order valence-corrected chi connectivity index (χ3v) is 0.594. The van der Waals surface area contributed by atoms with Gasteiger partial charge in [-0.1, -0.05) is 0 Å². The van der Waals surface area contributed by atoms with Crippen molar-refractivity contribution in [1.29, 1.82) is 0 Å². The third kappa shape index (κ3) is 5.82. The minimum atomic E-state index is -2.55. The second kappa shape index (κ2) is 2.40. The zero-order chi connectivity index (χ0) is 6.78. The van der Waals surface area contributed by atoms with E-state index in [1.165, 1.54) is 4.90 Å². The van der Waals surface area contributed by atoms with Crippen LogP contribution < -0.4 is 0 Å². The molecule has 0 saturated carbocycles. The number of hydrogen-bond donors (Lipinski definition) is 0. The summed E-state index contributed by atoms with van der Waals surface area (Å²) in [4.78, 5) is 1.46. The van der Waals surface area contributed by atoms with E-state index in [2.05, 4.69) is 0 Å². The summed E-state index contributed by atoms with van der Waals surface area (Å²) < 4.78 is 23.9. The van der Waals surface area contributed by atoms with Crippen molar-refractivity contribution < 1.29 is 8.78 Å². The van der Waals surface area contributed by atoms with Gasteiger partial charge in [0, 0.05) is 6.92 Å². The van der Waals surface area contributed by atoms with Crippen molar-refractivity contribution in [3.63, 3.8) is 0 Å². The molecule has 0 fully saturated rings. The van der Waals surface area contributed by atoms with Crippen molar-refractivity contribution in [2.75, 3.05) is 20.6 Å². The fourth-order valence-electron chi connectivity index (χ4n) is 0.555. The lowest BCUT2D eigenvalue weighted by Gasteiger charge is -2.14. The van der Waals surface area contributed by atoms with Crippen molar-refractivity contribution >= 4 is 0 Å². The van der Waals surface area contributed by atoms with E-state index in [0.29, 0.717) is 0 Å². The minimum Gasteiger partial charge on any atom is -0.304 e. The summed E-state index contributed by atoms with van der Waals surface area (Å²) >= 11 is 0. The van der Waals surface area contributed by atoms with Crippen LogP contribution in [0, 0.1) is 0 Å². The number of alkyl halides is 2. The van der Waals surface area contributed by atoms with E-state index in [4.69, 9.17) is 0 Å². The normalized spacial score (nSPS) is 12.8. The Morgan fingerprint density at radius 2 is 1.75 bits per heavy atom. The van der Waals surface area contributed by atoms with Crippen LogP contribution in [-0.4, -0.2) is 31.5 Å². The van der Waals surface area contributed by atoms with Gasteiger partial charge in [0.1, 0.15) is 0 Å². The lowest BCUT2D eigenvalue weighted by atomic mass is 10.4. The lowest BCUT2D eigenvalue weighted by molar-refractivity contribution is -0.00219. The van der Waals surface area contributed by atoms with Crippen molar-refractivity contribution in [2.45, 2.75) is 12.8 Å². The van der Waals surface area contributed by atoms with Crippen LogP contribution in [0.5, 0.6) is 0 Å². The van der Waals surface area contributed by atoms with Crippen LogP contribution in [0.2, 0.25) is 0 Å². The summed E-state index contributed by atoms with van der Waals surface area (Å²) in [6.07, 6.45) is 0. The first-order valence-corrected chi connectivity index (χ1v) is 2.44. The quantitative estimate of drug-likeness (QED) is 0.533. The molecule has 0 aliphatic heterocycles. The zero-order valence-corrected chi connectivity index (χ0v) is 5.41. The van der Waals surface area contributed by atoms with Crippen LogP contribution in [0.3, 0.4) is 0 Å². The molecule has 0 rings (SSSR count). The van der Waals surface area contributed by atoms with Crippen LogP contribution >= 0.6 is 0 Å². The second-order valence-electron chi connectivity index (χ2n) is 2.31. The maximum absolute atomic E-state index is 11.9. The molecule has 0 bridgehead atoms. The van der Waals surface area contributed by atoms with Crippen molar-refractivity contribution in [3.8, 4) is 0 Å². The summed E-state index contributed by atoms with van der Waals surface area (Å²) in [5, 5.41) is 0. The second-order valence-corrected chi connectivity index (χ2v) is 2.31. The molecule has 0 aromatic carbocycles. The molecule has 0 aromatic rings. The highest BCUT2D eigenvalue weighted by Gasteiger charge is 2.20. The molecule has 8 heavy (non-hydrogen) atoms. The molecular formula is C5H11F2N. The van der Waals surface area contributed by atoms with E-state index in [9.17, 15) is 8.78 Å². The smallest absolute Gasteiger partial charge is 0.257 e. The largest absolute Gasteiger partial charge is 0.304 e. The van der Waals surface area contributed by atoms with E-state index in [1.807, 2.05) is 0 Å². The van der Waals surface area contributed by atoms with Crippen LogP contribution in [0.25, 0.3) is 0 Å². The Labute approximate surface area is 48.3 Å². The number of halogens is 2. The minimum absolute atomic E-state index is 0.174. The van der Waals surface area contributed by atoms with Gasteiger partial charge in [0.15, 0.2) is 0 Å². The van der Waals surface area contributed by atoms with Crippen LogP contribution in [0.15, 0.2) is 0 Å². The Kier molecular flexibility index (Phi) is 2.34. The molecule has 0 aromatic heterocycles. The van der Waals surface area contributed by atoms with E-state index in [1.54, 1.807) is 14.1 Å². The fraction of sp³-hybridized carbons (Fsp3) is 1.00. The first-order valence-electron chi connectivity index (χ1n) is 2.44. The summed E-state index contributed by atoms with van der Waals surface area (Å²) in [6, 6.07) is 0. The number of hydrogen-bond acceptors (Lipinski definition) is 1. The van der Waals surface area contributed by atoms with Gasteiger partial charge in [-0.15, -0.1) is 0 Å². The molecule has 50 valence electrons. The van der Waals surface area contributed by atoms with Gasteiger partial charge in [0.25, 0.3) is 5.92 Å². The molecule has 0 aliphatic rings. The molecule has 0 atom stereocenters. The first-order chi connectivity index (χ1) is 3.42. The van der Waals surface area contributed by atoms with Crippen LogP contribution in [0.1, 0.15) is 6.92 Å². The first kappa shape index (κ1) is 7.82. The molecule has 0 amide bonds. The number of nitrogens with zero attached hydrogens (tertiary/aromatic N) is 1. The molecular weight excluding hydrogens is 112 g/mol. The highest BCUT2D eigenvalue weighted by molar-refractivity contribution is 4.59. The van der Waals surface area contributed by atoms with Gasteiger partial charge in [-0.3, -0.25) is 0 Å². The van der Waals surface area contributed by atoms with E-state index in [-0.39, 0.29) is 6.54 Å². The maximum Gasteiger partial charge on any atom is 0.257 e. The van der Waals surface area contributed by atoms with Gasteiger partial charge < -0.3 is 4.90 Å². The highest BCUT2D eigenvalue weighted by Crippen LogP contribution is 2.10. The van der Waals surface area contributed by atoms with Crippen molar-refractivity contribution in [3.05, 3.63) is 0 Å². The highest BCUT2D eigenvalue weighted by atomic mass is 19.3. The van der Waals surface area contributed by atoms with Gasteiger partial charge in [-0.05, 0) is 14.1 Å². The molecule has 0 N–H and O–H groups in total. The summed E-state index contributed by atoms with van der Waals surface area (Å²) in [5.74, 6) is -2.55. The Hall–Kier alpha value is -0.180. The SMILES string of the molecule is CN(C)CC(C)(F)F. The van der Waals surface area contributed by atoms with E-state index >= 15 is 0 Å². The van der Waals surface area contributed by atoms with Gasteiger partial charge in [-0.25, -0.2) is 8.78 Å². The number of rotatable bonds is 2. The molecule has 0 radical (unpaired) electrons. The zero-order valence-electron chi connectivity index (χ0n) is 5.41.